The molecule has 1 aromatic heterocycles. The van der Waals surface area contributed by atoms with Crippen LogP contribution in [-0.2, 0) is 23.0 Å². The molecule has 2 aromatic rings. The van der Waals surface area contributed by atoms with Crippen LogP contribution < -0.4 is 10.5 Å². The summed E-state index contributed by atoms with van der Waals surface area (Å²) < 4.78 is 28.4. The highest BCUT2D eigenvalue weighted by molar-refractivity contribution is 7.89. The Morgan fingerprint density at radius 1 is 1.13 bits per heavy atom. The number of benzene rings is 1. The molecule has 1 saturated carbocycles. The molecule has 168 valence electrons. The van der Waals surface area contributed by atoms with Crippen molar-refractivity contribution in [3.8, 4) is 0 Å². The summed E-state index contributed by atoms with van der Waals surface area (Å²) in [6.45, 7) is 3.32. The maximum absolute atomic E-state index is 11.5. The Morgan fingerprint density at radius 2 is 1.90 bits per heavy atom. The molecular weight excluding hydrogens is 412 g/mol. The van der Waals surface area contributed by atoms with Crippen LogP contribution in [0.15, 0.2) is 57.0 Å². The number of furan rings is 1. The summed E-state index contributed by atoms with van der Waals surface area (Å²) in [6, 6.07) is 10.5. The smallest absolute Gasteiger partial charge is 0.238 e. The van der Waals surface area contributed by atoms with Gasteiger partial charge in [-0.3, -0.25) is 0 Å². The highest BCUT2D eigenvalue weighted by Crippen LogP contribution is 2.43. The molecule has 3 N–H and O–H groups in total. The molecule has 0 unspecified atom stereocenters. The molecule has 2 heterocycles. The largest absolute Gasteiger partial charge is 0.469 e. The summed E-state index contributed by atoms with van der Waals surface area (Å²) in [7, 11) is -3.68. The third-order valence-corrected chi connectivity index (χ3v) is 7.48. The molecule has 1 saturated heterocycles. The van der Waals surface area contributed by atoms with E-state index in [0.717, 1.165) is 43.3 Å². The van der Waals surface area contributed by atoms with E-state index in [2.05, 4.69) is 10.2 Å². The van der Waals surface area contributed by atoms with E-state index in [1.807, 2.05) is 12.1 Å². The number of sulfonamides is 1. The van der Waals surface area contributed by atoms with Crippen molar-refractivity contribution in [2.75, 3.05) is 19.6 Å². The Bertz CT molecular complexity index is 978. The average molecular weight is 445 g/mol. The van der Waals surface area contributed by atoms with Crippen molar-refractivity contribution in [1.82, 2.24) is 10.2 Å². The van der Waals surface area contributed by atoms with Crippen molar-refractivity contribution >= 4 is 16.0 Å². The van der Waals surface area contributed by atoms with E-state index in [-0.39, 0.29) is 4.90 Å². The standard InChI is InChI=1S/C23H32N4O3S/c24-31(28,29)21-8-6-19(7-9-21)17-26-22(25-14-10-20-5-4-16-30-20)27-15-13-23(18-27)11-2-1-3-12-23/h4-9,16H,1-3,10-15,17-18H2,(H,25,26)(H2,24,28,29). The SMILES string of the molecule is NS(=O)(=O)c1ccc(CN=C(NCCc2ccco2)N2CCC3(CCCCC3)C2)cc1. The van der Waals surface area contributed by atoms with E-state index in [4.69, 9.17) is 14.5 Å². The van der Waals surface area contributed by atoms with Gasteiger partial charge in [-0.1, -0.05) is 31.4 Å². The predicted octanol–water partition coefficient (Wildman–Crippen LogP) is 3.27. The Balaban J connectivity index is 1.44. The van der Waals surface area contributed by atoms with Crippen molar-refractivity contribution in [1.29, 1.82) is 0 Å². The summed E-state index contributed by atoms with van der Waals surface area (Å²) >= 11 is 0. The number of guanidine groups is 1. The Hall–Kier alpha value is -2.32. The number of nitrogens with two attached hydrogens (primary N) is 1. The van der Waals surface area contributed by atoms with E-state index >= 15 is 0 Å². The number of aliphatic imine (C=N–C) groups is 1. The number of likely N-dealkylation sites (tertiary alicyclic amines) is 1. The van der Waals surface area contributed by atoms with Crippen molar-refractivity contribution in [2.24, 2.45) is 15.5 Å². The van der Waals surface area contributed by atoms with Gasteiger partial charge in [-0.2, -0.15) is 0 Å². The van der Waals surface area contributed by atoms with Gasteiger partial charge in [0.2, 0.25) is 10.0 Å². The summed E-state index contributed by atoms with van der Waals surface area (Å²) in [4.78, 5) is 7.40. The number of hydrogen-bond acceptors (Lipinski definition) is 4. The number of nitrogens with one attached hydrogen (secondary N) is 1. The normalized spacial score (nSPS) is 19.1. The lowest BCUT2D eigenvalue weighted by Gasteiger charge is -2.33. The summed E-state index contributed by atoms with van der Waals surface area (Å²) in [5, 5.41) is 8.72. The van der Waals surface area contributed by atoms with Gasteiger partial charge >= 0.3 is 0 Å². The van der Waals surface area contributed by atoms with Crippen LogP contribution in [0.3, 0.4) is 0 Å². The van der Waals surface area contributed by atoms with E-state index in [9.17, 15) is 8.42 Å². The van der Waals surface area contributed by atoms with E-state index in [0.29, 0.717) is 12.0 Å². The zero-order chi connectivity index (χ0) is 21.7. The fourth-order valence-corrected chi connectivity index (χ4v) is 5.31. The molecule has 1 aliphatic heterocycles. The van der Waals surface area contributed by atoms with Gasteiger partial charge < -0.3 is 14.6 Å². The third kappa shape index (κ3) is 5.68. The van der Waals surface area contributed by atoms with Crippen molar-refractivity contribution < 1.29 is 12.8 Å². The van der Waals surface area contributed by atoms with Gasteiger partial charge in [0.25, 0.3) is 0 Å². The highest BCUT2D eigenvalue weighted by atomic mass is 32.2. The number of hydrogen-bond donors (Lipinski definition) is 2. The van der Waals surface area contributed by atoms with Gasteiger partial charge in [0.05, 0.1) is 17.7 Å². The van der Waals surface area contributed by atoms with Crippen molar-refractivity contribution in [2.45, 2.75) is 56.4 Å². The number of rotatable bonds is 6. The van der Waals surface area contributed by atoms with E-state index in [1.54, 1.807) is 18.4 Å². The van der Waals surface area contributed by atoms with Crippen molar-refractivity contribution in [3.05, 3.63) is 54.0 Å². The van der Waals surface area contributed by atoms with Gasteiger partial charge in [-0.15, -0.1) is 0 Å². The van der Waals surface area contributed by atoms with E-state index in [1.165, 1.54) is 50.7 Å². The lowest BCUT2D eigenvalue weighted by atomic mass is 9.73. The van der Waals surface area contributed by atoms with Crippen LogP contribution >= 0.6 is 0 Å². The van der Waals surface area contributed by atoms with Gasteiger partial charge in [0.1, 0.15) is 5.76 Å². The lowest BCUT2D eigenvalue weighted by Crippen LogP contribution is -2.42. The third-order valence-electron chi connectivity index (χ3n) is 6.55. The van der Waals surface area contributed by atoms with E-state index < -0.39 is 10.0 Å². The minimum absolute atomic E-state index is 0.121. The lowest BCUT2D eigenvalue weighted by molar-refractivity contribution is 0.203. The first kappa shape index (κ1) is 21.9. The minimum atomic E-state index is -3.68. The number of nitrogens with zero attached hydrogens (tertiary/aromatic N) is 2. The Morgan fingerprint density at radius 3 is 2.58 bits per heavy atom. The summed E-state index contributed by atoms with van der Waals surface area (Å²) in [5.41, 5.74) is 1.39. The topological polar surface area (TPSA) is 101 Å². The predicted molar refractivity (Wildman–Crippen MR) is 121 cm³/mol. The quantitative estimate of drug-likeness (QED) is 0.526. The molecule has 2 fully saturated rings. The first-order chi connectivity index (χ1) is 14.9. The molecular formula is C23H32N4O3S. The zero-order valence-corrected chi connectivity index (χ0v) is 18.7. The molecule has 0 atom stereocenters. The maximum atomic E-state index is 11.5. The molecule has 0 radical (unpaired) electrons. The van der Waals surface area contributed by atoms with Gasteiger partial charge in [-0.25, -0.2) is 18.5 Å². The van der Waals surface area contributed by atoms with Crippen LogP contribution in [0.2, 0.25) is 0 Å². The second kappa shape index (κ2) is 9.44. The van der Waals surface area contributed by atoms with Crippen LogP contribution in [-0.4, -0.2) is 38.9 Å². The highest BCUT2D eigenvalue weighted by Gasteiger charge is 2.39. The van der Waals surface area contributed by atoms with Crippen LogP contribution in [0.1, 0.15) is 49.8 Å². The van der Waals surface area contributed by atoms with Gasteiger partial charge in [0.15, 0.2) is 5.96 Å². The van der Waals surface area contributed by atoms with Crippen molar-refractivity contribution in [3.63, 3.8) is 0 Å². The van der Waals surface area contributed by atoms with Crippen LogP contribution in [0, 0.1) is 5.41 Å². The second-order valence-corrected chi connectivity index (χ2v) is 10.4. The number of primary sulfonamides is 1. The van der Waals surface area contributed by atoms with Crippen LogP contribution in [0.4, 0.5) is 0 Å². The minimum Gasteiger partial charge on any atom is -0.469 e. The monoisotopic (exact) mass is 444 g/mol. The fraction of sp³-hybridized carbons (Fsp3) is 0.522. The zero-order valence-electron chi connectivity index (χ0n) is 17.9. The molecule has 0 bridgehead atoms. The molecule has 2 aliphatic rings. The molecule has 1 aliphatic carbocycles. The van der Waals surface area contributed by atoms with Crippen LogP contribution in [0.5, 0.6) is 0 Å². The molecule has 1 aromatic carbocycles. The maximum Gasteiger partial charge on any atom is 0.238 e. The molecule has 7 nitrogen and oxygen atoms in total. The summed E-state index contributed by atoms with van der Waals surface area (Å²) in [6.07, 6.45) is 10.4. The first-order valence-corrected chi connectivity index (χ1v) is 12.7. The Labute approximate surface area is 184 Å². The molecule has 8 heteroatoms. The summed E-state index contributed by atoms with van der Waals surface area (Å²) in [5.74, 6) is 1.88. The molecule has 1 spiro atoms. The van der Waals surface area contributed by atoms with Gasteiger partial charge in [0, 0.05) is 26.1 Å². The average Bonchev–Trinajstić information content (AvgIpc) is 3.41. The van der Waals surface area contributed by atoms with Crippen LogP contribution in [0.25, 0.3) is 0 Å². The Kier molecular flexibility index (Phi) is 6.67. The van der Waals surface area contributed by atoms with Gasteiger partial charge in [-0.05, 0) is 54.5 Å². The first-order valence-electron chi connectivity index (χ1n) is 11.1. The fourth-order valence-electron chi connectivity index (χ4n) is 4.80. The second-order valence-electron chi connectivity index (χ2n) is 8.82. The molecule has 4 rings (SSSR count). The molecule has 31 heavy (non-hydrogen) atoms. The molecule has 0 amide bonds.